The molecule has 0 saturated heterocycles. The van der Waals surface area contributed by atoms with Crippen LogP contribution in [0.25, 0.3) is 0 Å². The molecule has 1 aromatic carbocycles. The molecule has 1 unspecified atom stereocenters. The van der Waals surface area contributed by atoms with Gasteiger partial charge < -0.3 is 10.6 Å². The number of carbonyl (C=O) groups is 1. The second kappa shape index (κ2) is 5.03. The van der Waals surface area contributed by atoms with Crippen molar-refractivity contribution in [2.24, 2.45) is 10.7 Å². The second-order valence-electron chi connectivity index (χ2n) is 5.50. The highest BCUT2D eigenvalue weighted by molar-refractivity contribution is 6.05. The number of amides is 2. The largest absolute Gasteiger partial charge is 0.385 e. The van der Waals surface area contributed by atoms with Crippen LogP contribution in [0.2, 0.25) is 0 Å². The van der Waals surface area contributed by atoms with E-state index in [1.54, 1.807) is 4.90 Å². The van der Waals surface area contributed by atoms with Crippen molar-refractivity contribution < 1.29 is 4.79 Å². The summed E-state index contributed by atoms with van der Waals surface area (Å²) in [5.41, 5.74) is 6.76. The van der Waals surface area contributed by atoms with Crippen LogP contribution in [0.15, 0.2) is 35.3 Å². The lowest BCUT2D eigenvalue weighted by atomic mass is 9.90. The zero-order valence-corrected chi connectivity index (χ0v) is 11.8. The fourth-order valence-electron chi connectivity index (χ4n) is 2.68. The van der Waals surface area contributed by atoms with Crippen LogP contribution in [-0.4, -0.2) is 28.3 Å². The van der Waals surface area contributed by atoms with Crippen LogP contribution >= 0.6 is 0 Å². The van der Waals surface area contributed by atoms with Crippen molar-refractivity contribution in [3.63, 3.8) is 0 Å². The predicted octanol–water partition coefficient (Wildman–Crippen LogP) is 2.58. The molecule has 0 radical (unpaired) electrons. The normalized spacial score (nSPS) is 23.1. The molecule has 1 aliphatic rings. The maximum absolute atomic E-state index is 11.9. The molecule has 4 nitrogen and oxygen atoms in total. The van der Waals surface area contributed by atoms with E-state index in [1.165, 1.54) is 5.56 Å². The summed E-state index contributed by atoms with van der Waals surface area (Å²) < 4.78 is 0. The second-order valence-corrected chi connectivity index (χ2v) is 5.50. The highest BCUT2D eigenvalue weighted by Crippen LogP contribution is 2.30. The molecule has 1 aliphatic heterocycles. The molecule has 0 spiro atoms. The van der Waals surface area contributed by atoms with Gasteiger partial charge in [-0.25, -0.2) is 4.79 Å². The molecular formula is C15H21N3O. The SMILES string of the molecule is CC(C)N1C(=O)N=C(N)C1(C)CCc1ccccc1. The first-order valence-corrected chi connectivity index (χ1v) is 6.67. The Kier molecular flexibility index (Phi) is 3.60. The Bertz CT molecular complexity index is 495. The highest BCUT2D eigenvalue weighted by atomic mass is 16.2. The number of carbonyl (C=O) groups excluding carboxylic acids is 1. The number of aliphatic imine (C=N–C) groups is 1. The first-order valence-electron chi connectivity index (χ1n) is 6.67. The van der Waals surface area contributed by atoms with Gasteiger partial charge in [0.25, 0.3) is 0 Å². The van der Waals surface area contributed by atoms with E-state index in [9.17, 15) is 4.79 Å². The minimum Gasteiger partial charge on any atom is -0.385 e. The highest BCUT2D eigenvalue weighted by Gasteiger charge is 2.45. The van der Waals surface area contributed by atoms with Gasteiger partial charge in [-0.2, -0.15) is 4.99 Å². The molecule has 4 heteroatoms. The number of hydrogen-bond donors (Lipinski definition) is 1. The maximum Gasteiger partial charge on any atom is 0.346 e. The number of benzene rings is 1. The Morgan fingerprint density at radius 1 is 1.32 bits per heavy atom. The zero-order valence-electron chi connectivity index (χ0n) is 11.8. The van der Waals surface area contributed by atoms with Gasteiger partial charge in [0.15, 0.2) is 0 Å². The fourth-order valence-corrected chi connectivity index (χ4v) is 2.68. The van der Waals surface area contributed by atoms with Crippen molar-refractivity contribution in [2.45, 2.75) is 45.2 Å². The number of urea groups is 1. The van der Waals surface area contributed by atoms with Crippen molar-refractivity contribution in [2.75, 3.05) is 0 Å². The van der Waals surface area contributed by atoms with Crippen molar-refractivity contribution in [1.82, 2.24) is 4.90 Å². The Balaban J connectivity index is 2.16. The van der Waals surface area contributed by atoms with Crippen LogP contribution in [0, 0.1) is 0 Å². The van der Waals surface area contributed by atoms with Gasteiger partial charge in [0.05, 0.1) is 5.54 Å². The van der Waals surface area contributed by atoms with E-state index in [-0.39, 0.29) is 12.1 Å². The van der Waals surface area contributed by atoms with Crippen LogP contribution in [0.5, 0.6) is 0 Å². The molecule has 2 N–H and O–H groups in total. The Hall–Kier alpha value is -1.84. The Labute approximate surface area is 114 Å². The van der Waals surface area contributed by atoms with Gasteiger partial charge in [-0.3, -0.25) is 0 Å². The lowest BCUT2D eigenvalue weighted by Gasteiger charge is -2.37. The van der Waals surface area contributed by atoms with Crippen LogP contribution < -0.4 is 5.73 Å². The number of aryl methyl sites for hydroxylation is 1. The number of hydrogen-bond acceptors (Lipinski definition) is 2. The van der Waals surface area contributed by atoms with E-state index in [2.05, 4.69) is 17.1 Å². The van der Waals surface area contributed by atoms with Crippen molar-refractivity contribution >= 4 is 11.9 Å². The third kappa shape index (κ3) is 2.48. The molecular weight excluding hydrogens is 238 g/mol. The van der Waals surface area contributed by atoms with Crippen LogP contribution in [0.4, 0.5) is 4.79 Å². The monoisotopic (exact) mass is 259 g/mol. The maximum atomic E-state index is 11.9. The van der Waals surface area contributed by atoms with Gasteiger partial charge in [0.1, 0.15) is 5.84 Å². The Morgan fingerprint density at radius 2 is 1.95 bits per heavy atom. The summed E-state index contributed by atoms with van der Waals surface area (Å²) in [6, 6.07) is 10.1. The molecule has 1 atom stereocenters. The van der Waals surface area contributed by atoms with E-state index in [0.29, 0.717) is 5.84 Å². The summed E-state index contributed by atoms with van der Waals surface area (Å²) in [6.07, 6.45) is 1.67. The minimum absolute atomic E-state index is 0.0954. The van der Waals surface area contributed by atoms with E-state index in [0.717, 1.165) is 12.8 Å². The van der Waals surface area contributed by atoms with Crippen LogP contribution in [-0.2, 0) is 6.42 Å². The van der Waals surface area contributed by atoms with Gasteiger partial charge >= 0.3 is 6.03 Å². The van der Waals surface area contributed by atoms with Crippen molar-refractivity contribution in [3.8, 4) is 0 Å². The molecule has 102 valence electrons. The topological polar surface area (TPSA) is 58.7 Å². The zero-order chi connectivity index (χ0) is 14.0. The molecule has 1 heterocycles. The molecule has 1 aromatic rings. The van der Waals surface area contributed by atoms with Crippen LogP contribution in [0.1, 0.15) is 32.8 Å². The summed E-state index contributed by atoms with van der Waals surface area (Å²) in [6.45, 7) is 5.99. The van der Waals surface area contributed by atoms with E-state index in [4.69, 9.17) is 5.73 Å². The van der Waals surface area contributed by atoms with E-state index in [1.807, 2.05) is 39.0 Å². The molecule has 0 aliphatic carbocycles. The van der Waals surface area contributed by atoms with Crippen LogP contribution in [0.3, 0.4) is 0 Å². The number of amidine groups is 1. The summed E-state index contributed by atoms with van der Waals surface area (Å²) in [5.74, 6) is 0.433. The number of rotatable bonds is 4. The predicted molar refractivity (Wildman–Crippen MR) is 77.2 cm³/mol. The summed E-state index contributed by atoms with van der Waals surface area (Å²) >= 11 is 0. The molecule has 19 heavy (non-hydrogen) atoms. The van der Waals surface area contributed by atoms with Gasteiger partial charge in [-0.15, -0.1) is 0 Å². The van der Waals surface area contributed by atoms with E-state index < -0.39 is 5.54 Å². The van der Waals surface area contributed by atoms with Gasteiger partial charge in [0.2, 0.25) is 0 Å². The Morgan fingerprint density at radius 3 is 2.53 bits per heavy atom. The number of nitrogens with zero attached hydrogens (tertiary/aromatic N) is 2. The molecule has 2 amide bonds. The third-order valence-electron chi connectivity index (χ3n) is 3.77. The molecule has 0 saturated carbocycles. The standard InChI is InChI=1S/C15H21N3O/c1-11(2)18-14(19)17-13(16)15(18,3)10-9-12-7-5-4-6-8-12/h4-8,11H,9-10H2,1-3H3,(H2,16,17,19). The molecule has 0 aromatic heterocycles. The summed E-state index contributed by atoms with van der Waals surface area (Å²) in [7, 11) is 0. The lowest BCUT2D eigenvalue weighted by molar-refractivity contribution is 0.150. The summed E-state index contributed by atoms with van der Waals surface area (Å²) in [5, 5.41) is 0. The van der Waals surface area contributed by atoms with Gasteiger partial charge in [0, 0.05) is 6.04 Å². The fraction of sp³-hybridized carbons (Fsp3) is 0.467. The first-order chi connectivity index (χ1) is 8.95. The average molecular weight is 259 g/mol. The quantitative estimate of drug-likeness (QED) is 0.903. The molecule has 0 fully saturated rings. The smallest absolute Gasteiger partial charge is 0.346 e. The first kappa shape index (κ1) is 13.6. The van der Waals surface area contributed by atoms with Gasteiger partial charge in [-0.1, -0.05) is 30.3 Å². The molecule has 2 rings (SSSR count). The van der Waals surface area contributed by atoms with E-state index >= 15 is 0 Å². The summed E-state index contributed by atoms with van der Waals surface area (Å²) in [4.78, 5) is 17.6. The lowest BCUT2D eigenvalue weighted by Crippen LogP contribution is -2.54. The third-order valence-corrected chi connectivity index (χ3v) is 3.77. The minimum atomic E-state index is -0.471. The molecule has 0 bridgehead atoms. The van der Waals surface area contributed by atoms with Crippen molar-refractivity contribution in [1.29, 1.82) is 0 Å². The van der Waals surface area contributed by atoms with Gasteiger partial charge in [-0.05, 0) is 39.2 Å². The average Bonchev–Trinajstić information content (AvgIpc) is 2.59. The number of nitrogens with two attached hydrogens (primary N) is 1. The van der Waals surface area contributed by atoms with Crippen molar-refractivity contribution in [3.05, 3.63) is 35.9 Å².